The third-order valence-electron chi connectivity index (χ3n) is 1.65. The molecule has 0 aliphatic carbocycles. The molecule has 0 saturated carbocycles. The number of hydrogen-bond donors (Lipinski definition) is 1. The van der Waals surface area contributed by atoms with Crippen molar-refractivity contribution in [3.63, 3.8) is 0 Å². The van der Waals surface area contributed by atoms with Crippen molar-refractivity contribution in [2.45, 2.75) is 25.9 Å². The van der Waals surface area contributed by atoms with Gasteiger partial charge in [-0.3, -0.25) is 0 Å². The van der Waals surface area contributed by atoms with Crippen molar-refractivity contribution < 1.29 is 18.6 Å². The van der Waals surface area contributed by atoms with Crippen LogP contribution in [0.1, 0.15) is 19.5 Å². The van der Waals surface area contributed by atoms with E-state index in [2.05, 4.69) is 4.98 Å². The van der Waals surface area contributed by atoms with Crippen LogP contribution in [0.2, 0.25) is 0 Å². The van der Waals surface area contributed by atoms with E-state index in [1.807, 2.05) is 0 Å². The number of aliphatic hydroxyl groups excluding tert-OH is 1. The number of alkyl halides is 2. The van der Waals surface area contributed by atoms with E-state index < -0.39 is 18.2 Å². The molecular formula is C10H13F2NO2. The molecule has 3 nitrogen and oxygen atoms in total. The van der Waals surface area contributed by atoms with E-state index in [9.17, 15) is 8.78 Å². The van der Waals surface area contributed by atoms with Gasteiger partial charge in [-0.25, -0.2) is 4.98 Å². The van der Waals surface area contributed by atoms with Crippen LogP contribution in [0, 0.1) is 0 Å². The summed E-state index contributed by atoms with van der Waals surface area (Å²) in [5.41, 5.74) is -0.483. The second-order valence-electron chi connectivity index (χ2n) is 3.39. The van der Waals surface area contributed by atoms with Crippen molar-refractivity contribution in [3.05, 3.63) is 23.9 Å². The maximum absolute atomic E-state index is 13.0. The zero-order chi connectivity index (χ0) is 11.5. The van der Waals surface area contributed by atoms with Crippen molar-refractivity contribution in [3.8, 4) is 5.88 Å². The SMILES string of the molecule is CC(C)Oc1cccc(C(F)(F)CO)n1. The van der Waals surface area contributed by atoms with Gasteiger partial charge in [0.1, 0.15) is 12.3 Å². The summed E-state index contributed by atoms with van der Waals surface area (Å²) in [5.74, 6) is -3.19. The summed E-state index contributed by atoms with van der Waals surface area (Å²) in [6.07, 6.45) is -0.129. The number of nitrogens with zero attached hydrogens (tertiary/aromatic N) is 1. The van der Waals surface area contributed by atoms with E-state index in [-0.39, 0.29) is 12.0 Å². The molecule has 1 heterocycles. The van der Waals surface area contributed by atoms with E-state index in [0.717, 1.165) is 6.07 Å². The Labute approximate surface area is 86.7 Å². The number of halogens is 2. The molecule has 0 aromatic carbocycles. The Morgan fingerprint density at radius 3 is 2.67 bits per heavy atom. The van der Waals surface area contributed by atoms with Crippen molar-refractivity contribution >= 4 is 0 Å². The lowest BCUT2D eigenvalue weighted by Gasteiger charge is -2.14. The van der Waals surface area contributed by atoms with Crippen LogP contribution in [0.3, 0.4) is 0 Å². The van der Waals surface area contributed by atoms with Gasteiger partial charge in [0.15, 0.2) is 0 Å². The van der Waals surface area contributed by atoms with Gasteiger partial charge in [-0.05, 0) is 19.9 Å². The number of hydrogen-bond acceptors (Lipinski definition) is 3. The van der Waals surface area contributed by atoms with Gasteiger partial charge < -0.3 is 9.84 Å². The monoisotopic (exact) mass is 217 g/mol. The van der Waals surface area contributed by atoms with Gasteiger partial charge in [-0.15, -0.1) is 0 Å². The Bertz CT molecular complexity index is 329. The van der Waals surface area contributed by atoms with E-state index in [1.165, 1.54) is 12.1 Å². The molecule has 84 valence electrons. The summed E-state index contributed by atoms with van der Waals surface area (Å²) in [6, 6.07) is 4.07. The van der Waals surface area contributed by atoms with Gasteiger partial charge in [-0.2, -0.15) is 8.78 Å². The van der Waals surface area contributed by atoms with Crippen LogP contribution in [0.4, 0.5) is 8.78 Å². The first kappa shape index (κ1) is 11.8. The highest BCUT2D eigenvalue weighted by atomic mass is 19.3. The molecular weight excluding hydrogens is 204 g/mol. The molecule has 0 amide bonds. The predicted molar refractivity (Wildman–Crippen MR) is 51.0 cm³/mol. The number of aliphatic hydroxyl groups is 1. The van der Waals surface area contributed by atoms with Gasteiger partial charge in [0, 0.05) is 6.07 Å². The van der Waals surface area contributed by atoms with E-state index in [4.69, 9.17) is 9.84 Å². The molecule has 1 aromatic heterocycles. The zero-order valence-electron chi connectivity index (χ0n) is 8.58. The third kappa shape index (κ3) is 3.13. The van der Waals surface area contributed by atoms with Crippen LogP contribution in [-0.4, -0.2) is 22.8 Å². The molecule has 0 unspecified atom stereocenters. The van der Waals surface area contributed by atoms with Crippen LogP contribution >= 0.6 is 0 Å². The van der Waals surface area contributed by atoms with Gasteiger partial charge >= 0.3 is 5.92 Å². The normalized spacial score (nSPS) is 11.9. The fourth-order valence-electron chi connectivity index (χ4n) is 1.01. The first-order valence-electron chi connectivity index (χ1n) is 4.58. The molecule has 0 saturated heterocycles. The minimum absolute atomic E-state index is 0.129. The molecule has 0 atom stereocenters. The molecule has 1 rings (SSSR count). The maximum Gasteiger partial charge on any atom is 0.312 e. The van der Waals surface area contributed by atoms with E-state index in [0.29, 0.717) is 0 Å². The van der Waals surface area contributed by atoms with Crippen LogP contribution < -0.4 is 4.74 Å². The molecule has 0 aliphatic heterocycles. The Morgan fingerprint density at radius 2 is 2.13 bits per heavy atom. The summed E-state index contributed by atoms with van der Waals surface area (Å²) >= 11 is 0. The molecule has 1 aromatic rings. The highest BCUT2D eigenvalue weighted by molar-refractivity contribution is 5.19. The van der Waals surface area contributed by atoms with Gasteiger partial charge in [0.05, 0.1) is 6.10 Å². The first-order chi connectivity index (χ1) is 6.95. The lowest BCUT2D eigenvalue weighted by atomic mass is 10.2. The maximum atomic E-state index is 13.0. The Morgan fingerprint density at radius 1 is 1.47 bits per heavy atom. The largest absolute Gasteiger partial charge is 0.475 e. The average Bonchev–Trinajstić information content (AvgIpc) is 2.17. The molecule has 5 heteroatoms. The molecule has 0 radical (unpaired) electrons. The van der Waals surface area contributed by atoms with Gasteiger partial charge in [0.25, 0.3) is 0 Å². The zero-order valence-corrected chi connectivity index (χ0v) is 8.58. The summed E-state index contributed by atoms with van der Waals surface area (Å²) in [7, 11) is 0. The van der Waals surface area contributed by atoms with Crippen LogP contribution in [-0.2, 0) is 5.92 Å². The molecule has 0 spiro atoms. The van der Waals surface area contributed by atoms with Crippen LogP contribution in [0.15, 0.2) is 18.2 Å². The fraction of sp³-hybridized carbons (Fsp3) is 0.500. The van der Waals surface area contributed by atoms with Crippen molar-refractivity contribution in [1.82, 2.24) is 4.98 Å². The lowest BCUT2D eigenvalue weighted by molar-refractivity contribution is -0.0596. The number of ether oxygens (including phenoxy) is 1. The second-order valence-corrected chi connectivity index (χ2v) is 3.39. The highest BCUT2D eigenvalue weighted by Crippen LogP contribution is 2.26. The number of aromatic nitrogens is 1. The summed E-state index contributed by atoms with van der Waals surface area (Å²) in [4.78, 5) is 3.62. The van der Waals surface area contributed by atoms with Gasteiger partial charge in [-0.1, -0.05) is 6.07 Å². The summed E-state index contributed by atoms with van der Waals surface area (Å²) < 4.78 is 31.2. The first-order valence-corrected chi connectivity index (χ1v) is 4.58. The minimum atomic E-state index is -3.32. The number of rotatable bonds is 4. The fourth-order valence-corrected chi connectivity index (χ4v) is 1.01. The highest BCUT2D eigenvalue weighted by Gasteiger charge is 2.32. The second kappa shape index (κ2) is 4.53. The average molecular weight is 217 g/mol. The molecule has 0 aliphatic rings. The lowest BCUT2D eigenvalue weighted by Crippen LogP contribution is -2.20. The predicted octanol–water partition coefficient (Wildman–Crippen LogP) is 1.95. The molecule has 1 N–H and O–H groups in total. The van der Waals surface area contributed by atoms with Crippen LogP contribution in [0.5, 0.6) is 5.88 Å². The van der Waals surface area contributed by atoms with Crippen molar-refractivity contribution in [2.24, 2.45) is 0 Å². The Balaban J connectivity index is 2.92. The van der Waals surface area contributed by atoms with E-state index >= 15 is 0 Å². The summed E-state index contributed by atoms with van der Waals surface area (Å²) in [5, 5.41) is 8.49. The van der Waals surface area contributed by atoms with Crippen LogP contribution in [0.25, 0.3) is 0 Å². The van der Waals surface area contributed by atoms with E-state index in [1.54, 1.807) is 13.8 Å². The summed E-state index contributed by atoms with van der Waals surface area (Å²) in [6.45, 7) is 2.29. The molecule has 15 heavy (non-hydrogen) atoms. The Hall–Kier alpha value is -1.23. The van der Waals surface area contributed by atoms with Crippen molar-refractivity contribution in [1.29, 1.82) is 0 Å². The Kier molecular flexibility index (Phi) is 3.57. The van der Waals surface area contributed by atoms with Gasteiger partial charge in [0.2, 0.25) is 5.88 Å². The molecule has 0 fully saturated rings. The quantitative estimate of drug-likeness (QED) is 0.838. The smallest absolute Gasteiger partial charge is 0.312 e. The van der Waals surface area contributed by atoms with Crippen molar-refractivity contribution in [2.75, 3.05) is 6.61 Å². The minimum Gasteiger partial charge on any atom is -0.475 e. The molecule has 0 bridgehead atoms. The standard InChI is InChI=1S/C10H13F2NO2/c1-7(2)15-9-5-3-4-8(13-9)10(11,12)6-14/h3-5,7,14H,6H2,1-2H3. The topological polar surface area (TPSA) is 42.4 Å². The number of pyridine rings is 1. The third-order valence-corrected chi connectivity index (χ3v) is 1.65.